The third-order valence-corrected chi connectivity index (χ3v) is 5.40. The number of nitrogens with one attached hydrogen (secondary N) is 2. The first-order chi connectivity index (χ1) is 11.8. The van der Waals surface area contributed by atoms with Crippen molar-refractivity contribution in [1.82, 2.24) is 20.4 Å². The minimum Gasteiger partial charge on any atom is -0.309 e. The predicted molar refractivity (Wildman–Crippen MR) is 113 cm³/mol. The second kappa shape index (κ2) is 15.0. The average Bonchev–Trinajstić information content (AvgIpc) is 2.55. The fraction of sp³-hybridized carbons (Fsp3) is 1.00. The second-order valence-corrected chi connectivity index (χ2v) is 8.56. The Morgan fingerprint density at radius 3 is 1.76 bits per heavy atom. The van der Waals surface area contributed by atoms with E-state index >= 15 is 0 Å². The molecule has 0 fully saturated rings. The largest absolute Gasteiger partial charge is 0.309 e. The van der Waals surface area contributed by atoms with E-state index in [1.54, 1.807) is 0 Å². The first-order valence-electron chi connectivity index (χ1n) is 10.5. The highest BCUT2D eigenvalue weighted by Crippen LogP contribution is 2.19. The molecule has 0 aromatic heterocycles. The van der Waals surface area contributed by atoms with Crippen LogP contribution in [-0.2, 0) is 0 Å². The van der Waals surface area contributed by atoms with Crippen molar-refractivity contribution < 1.29 is 0 Å². The Labute approximate surface area is 159 Å². The van der Waals surface area contributed by atoms with Crippen LogP contribution in [0.15, 0.2) is 0 Å². The SMILES string of the molecule is CCC(CC(C)CNCNCC(CC)C(CC)CN(C)C)CN(C)C. The molecule has 4 atom stereocenters. The van der Waals surface area contributed by atoms with Crippen LogP contribution in [-0.4, -0.2) is 70.8 Å². The lowest BCUT2D eigenvalue weighted by Crippen LogP contribution is -2.38. The van der Waals surface area contributed by atoms with Crippen molar-refractivity contribution in [2.45, 2.75) is 53.4 Å². The molecule has 0 saturated heterocycles. The molecule has 152 valence electrons. The number of hydrogen-bond donors (Lipinski definition) is 2. The summed E-state index contributed by atoms with van der Waals surface area (Å²) in [6, 6.07) is 0. The van der Waals surface area contributed by atoms with Gasteiger partial charge < -0.3 is 20.4 Å². The second-order valence-electron chi connectivity index (χ2n) is 8.56. The predicted octanol–water partition coefficient (Wildman–Crippen LogP) is 3.35. The lowest BCUT2D eigenvalue weighted by atomic mass is 9.87. The smallest absolute Gasteiger partial charge is 0.0454 e. The fourth-order valence-corrected chi connectivity index (χ4v) is 3.93. The van der Waals surface area contributed by atoms with Gasteiger partial charge in [0, 0.05) is 19.8 Å². The molecule has 0 heterocycles. The zero-order chi connectivity index (χ0) is 19.2. The molecule has 0 amide bonds. The summed E-state index contributed by atoms with van der Waals surface area (Å²) in [6.45, 7) is 14.9. The third-order valence-electron chi connectivity index (χ3n) is 5.40. The topological polar surface area (TPSA) is 30.5 Å². The van der Waals surface area contributed by atoms with E-state index in [0.717, 1.165) is 43.4 Å². The molecule has 0 radical (unpaired) electrons. The summed E-state index contributed by atoms with van der Waals surface area (Å²) in [5, 5.41) is 7.25. The molecule has 4 unspecified atom stereocenters. The van der Waals surface area contributed by atoms with Crippen molar-refractivity contribution in [3.05, 3.63) is 0 Å². The fourth-order valence-electron chi connectivity index (χ4n) is 3.93. The van der Waals surface area contributed by atoms with Crippen molar-refractivity contribution >= 4 is 0 Å². The van der Waals surface area contributed by atoms with Crippen molar-refractivity contribution in [2.75, 3.05) is 61.0 Å². The van der Waals surface area contributed by atoms with Gasteiger partial charge in [-0.25, -0.2) is 0 Å². The summed E-state index contributed by atoms with van der Waals surface area (Å²) in [4.78, 5) is 4.65. The molecule has 4 heteroatoms. The Balaban J connectivity index is 3.98. The van der Waals surface area contributed by atoms with E-state index in [1.165, 1.54) is 38.8 Å². The number of rotatable bonds is 16. The zero-order valence-electron chi connectivity index (χ0n) is 18.6. The van der Waals surface area contributed by atoms with Crippen molar-refractivity contribution in [2.24, 2.45) is 23.7 Å². The molecular formula is C21H48N4. The molecule has 0 rings (SSSR count). The van der Waals surface area contributed by atoms with Crippen LogP contribution < -0.4 is 10.6 Å². The summed E-state index contributed by atoms with van der Waals surface area (Å²) < 4.78 is 0. The van der Waals surface area contributed by atoms with Gasteiger partial charge >= 0.3 is 0 Å². The van der Waals surface area contributed by atoms with Crippen LogP contribution in [0.5, 0.6) is 0 Å². The molecule has 0 aliphatic heterocycles. The summed E-state index contributed by atoms with van der Waals surface area (Å²) in [6.07, 6.45) is 5.13. The molecule has 0 aromatic carbocycles. The maximum Gasteiger partial charge on any atom is 0.0454 e. The highest BCUT2D eigenvalue weighted by molar-refractivity contribution is 4.73. The van der Waals surface area contributed by atoms with Crippen molar-refractivity contribution in [1.29, 1.82) is 0 Å². The van der Waals surface area contributed by atoms with Crippen LogP contribution >= 0.6 is 0 Å². The Hall–Kier alpha value is -0.160. The summed E-state index contributed by atoms with van der Waals surface area (Å²) >= 11 is 0. The molecule has 0 aromatic rings. The van der Waals surface area contributed by atoms with Crippen LogP contribution in [0, 0.1) is 23.7 Å². The van der Waals surface area contributed by atoms with Crippen LogP contribution in [0.4, 0.5) is 0 Å². The normalized spacial score (nSPS) is 17.0. The van der Waals surface area contributed by atoms with Gasteiger partial charge in [-0.1, -0.05) is 47.0 Å². The van der Waals surface area contributed by atoms with Crippen LogP contribution in [0.25, 0.3) is 0 Å². The van der Waals surface area contributed by atoms with E-state index < -0.39 is 0 Å². The number of nitrogens with zero attached hydrogens (tertiary/aromatic N) is 2. The van der Waals surface area contributed by atoms with Crippen LogP contribution in [0.2, 0.25) is 0 Å². The van der Waals surface area contributed by atoms with Gasteiger partial charge in [-0.2, -0.15) is 0 Å². The van der Waals surface area contributed by atoms with Gasteiger partial charge in [0.15, 0.2) is 0 Å². The van der Waals surface area contributed by atoms with E-state index in [-0.39, 0.29) is 0 Å². The summed E-state index contributed by atoms with van der Waals surface area (Å²) in [5.74, 6) is 3.13. The minimum atomic E-state index is 0.741. The molecule has 0 aliphatic rings. The molecule has 0 bridgehead atoms. The maximum atomic E-state index is 3.64. The third kappa shape index (κ3) is 12.8. The molecule has 4 nitrogen and oxygen atoms in total. The Kier molecular flexibility index (Phi) is 14.9. The first-order valence-corrected chi connectivity index (χ1v) is 10.5. The Bertz CT molecular complexity index is 294. The maximum absolute atomic E-state index is 3.64. The van der Waals surface area contributed by atoms with Crippen molar-refractivity contribution in [3.63, 3.8) is 0 Å². The quantitative estimate of drug-likeness (QED) is 0.328. The van der Waals surface area contributed by atoms with Gasteiger partial charge in [-0.3, -0.25) is 0 Å². The van der Waals surface area contributed by atoms with Gasteiger partial charge in [-0.05, 0) is 71.4 Å². The Morgan fingerprint density at radius 1 is 0.720 bits per heavy atom. The van der Waals surface area contributed by atoms with Gasteiger partial charge in [0.1, 0.15) is 0 Å². The average molecular weight is 357 g/mol. The van der Waals surface area contributed by atoms with E-state index in [0.29, 0.717) is 0 Å². The van der Waals surface area contributed by atoms with Crippen LogP contribution in [0.3, 0.4) is 0 Å². The van der Waals surface area contributed by atoms with Gasteiger partial charge in [0.05, 0.1) is 0 Å². The lowest BCUT2D eigenvalue weighted by Gasteiger charge is -2.28. The molecule has 25 heavy (non-hydrogen) atoms. The van der Waals surface area contributed by atoms with Crippen LogP contribution in [0.1, 0.15) is 53.4 Å². The highest BCUT2D eigenvalue weighted by atomic mass is 15.1. The monoisotopic (exact) mass is 356 g/mol. The van der Waals surface area contributed by atoms with Gasteiger partial charge in [0.2, 0.25) is 0 Å². The molecule has 0 saturated carbocycles. The Morgan fingerprint density at radius 2 is 1.28 bits per heavy atom. The van der Waals surface area contributed by atoms with Crippen molar-refractivity contribution in [3.8, 4) is 0 Å². The van der Waals surface area contributed by atoms with Gasteiger partial charge in [0.25, 0.3) is 0 Å². The molecule has 0 aliphatic carbocycles. The minimum absolute atomic E-state index is 0.741. The van der Waals surface area contributed by atoms with E-state index in [4.69, 9.17) is 0 Å². The summed E-state index contributed by atoms with van der Waals surface area (Å²) in [5.41, 5.74) is 0. The summed E-state index contributed by atoms with van der Waals surface area (Å²) in [7, 11) is 8.73. The lowest BCUT2D eigenvalue weighted by molar-refractivity contribution is 0.226. The number of hydrogen-bond acceptors (Lipinski definition) is 4. The zero-order valence-corrected chi connectivity index (χ0v) is 18.6. The van der Waals surface area contributed by atoms with E-state index in [1.807, 2.05) is 0 Å². The van der Waals surface area contributed by atoms with E-state index in [2.05, 4.69) is 76.3 Å². The van der Waals surface area contributed by atoms with Gasteiger partial charge in [-0.15, -0.1) is 0 Å². The molecular weight excluding hydrogens is 308 g/mol. The van der Waals surface area contributed by atoms with E-state index in [9.17, 15) is 0 Å². The molecule has 2 N–H and O–H groups in total. The first kappa shape index (κ1) is 24.8. The molecule has 0 spiro atoms. The standard InChI is InChI=1S/C21H48N4/c1-9-19(15-24(5)6)12-18(4)13-22-17-23-14-20(10-2)21(11-3)16-25(7)8/h18-23H,9-17H2,1-8H3. The highest BCUT2D eigenvalue weighted by Gasteiger charge is 2.18.